The fourth-order valence-electron chi connectivity index (χ4n) is 1.62. The maximum Gasteiger partial charge on any atom is 0.0322 e. The molecule has 0 aromatic carbocycles. The summed E-state index contributed by atoms with van der Waals surface area (Å²) >= 11 is 0. The highest BCUT2D eigenvalue weighted by atomic mass is 31.1. The van der Waals surface area contributed by atoms with Crippen LogP contribution >= 0.6 is 7.92 Å². The van der Waals surface area contributed by atoms with Gasteiger partial charge in [-0.25, -0.2) is 0 Å². The first-order valence-electron chi connectivity index (χ1n) is 4.10. The summed E-state index contributed by atoms with van der Waals surface area (Å²) < 4.78 is 0. The average molecular weight is 170 g/mol. The number of hydrogen-bond donors (Lipinski definition) is 0. The van der Waals surface area contributed by atoms with E-state index in [1.54, 1.807) is 0 Å². The minimum atomic E-state index is 0.0873. The predicted molar refractivity (Wildman–Crippen MR) is 55.5 cm³/mol. The molecule has 64 valence electrons. The Labute approximate surface area is 72.5 Å². The van der Waals surface area contributed by atoms with Crippen molar-refractivity contribution in [3.8, 4) is 12.3 Å². The van der Waals surface area contributed by atoms with Crippen molar-refractivity contribution in [1.29, 1.82) is 0 Å². The Balaban J connectivity index is 4.39. The molecule has 0 rings (SSSR count). The Hall–Kier alpha value is -0.0100. The van der Waals surface area contributed by atoms with Gasteiger partial charge < -0.3 is 0 Å². The van der Waals surface area contributed by atoms with Crippen molar-refractivity contribution in [2.45, 2.75) is 32.9 Å². The molecule has 0 aliphatic heterocycles. The van der Waals surface area contributed by atoms with Crippen LogP contribution in [0.15, 0.2) is 0 Å². The van der Waals surface area contributed by atoms with Crippen molar-refractivity contribution in [2.75, 3.05) is 13.3 Å². The summed E-state index contributed by atoms with van der Waals surface area (Å²) in [7, 11) is 0.0997. The van der Waals surface area contributed by atoms with Crippen LogP contribution in [-0.2, 0) is 0 Å². The van der Waals surface area contributed by atoms with E-state index in [-0.39, 0.29) is 13.3 Å². The normalized spacial score (nSPS) is 14.6. The third-order valence-corrected chi connectivity index (χ3v) is 4.47. The van der Waals surface area contributed by atoms with Crippen LogP contribution in [0.1, 0.15) is 27.2 Å². The van der Waals surface area contributed by atoms with Crippen molar-refractivity contribution in [2.24, 2.45) is 5.41 Å². The summed E-state index contributed by atoms with van der Waals surface area (Å²) in [4.78, 5) is 0. The molecule has 0 aromatic rings. The lowest BCUT2D eigenvalue weighted by molar-refractivity contribution is 0.463. The van der Waals surface area contributed by atoms with Gasteiger partial charge in [0.15, 0.2) is 0 Å². The second-order valence-electron chi connectivity index (χ2n) is 3.75. The van der Waals surface area contributed by atoms with Crippen LogP contribution < -0.4 is 0 Å². The summed E-state index contributed by atoms with van der Waals surface area (Å²) in [6.45, 7) is 11.2. The zero-order chi connectivity index (χ0) is 9.07. The lowest BCUT2D eigenvalue weighted by atomic mass is 9.89. The molecule has 0 spiro atoms. The van der Waals surface area contributed by atoms with Crippen LogP contribution in [0.3, 0.4) is 0 Å². The van der Waals surface area contributed by atoms with E-state index < -0.39 is 0 Å². The molecule has 1 unspecified atom stereocenters. The molecule has 0 heterocycles. The van der Waals surface area contributed by atoms with Gasteiger partial charge in [-0.15, -0.1) is 14.3 Å². The van der Waals surface area contributed by atoms with Gasteiger partial charge in [0, 0.05) is 5.41 Å². The SMILES string of the molecule is C#CC(C)(C)C(CC)P(C)C. The van der Waals surface area contributed by atoms with Crippen LogP contribution in [0, 0.1) is 17.8 Å². The second kappa shape index (κ2) is 4.13. The van der Waals surface area contributed by atoms with E-state index in [0.29, 0.717) is 5.66 Å². The second-order valence-corrected chi connectivity index (χ2v) is 6.30. The van der Waals surface area contributed by atoms with E-state index in [4.69, 9.17) is 6.42 Å². The molecule has 0 fully saturated rings. The summed E-state index contributed by atoms with van der Waals surface area (Å²) in [6.07, 6.45) is 6.69. The van der Waals surface area contributed by atoms with Crippen LogP contribution in [-0.4, -0.2) is 19.0 Å². The molecule has 11 heavy (non-hydrogen) atoms. The van der Waals surface area contributed by atoms with Gasteiger partial charge in [-0.3, -0.25) is 0 Å². The van der Waals surface area contributed by atoms with Gasteiger partial charge in [0.1, 0.15) is 0 Å². The highest BCUT2D eigenvalue weighted by molar-refractivity contribution is 7.56. The Morgan fingerprint density at radius 1 is 1.45 bits per heavy atom. The first kappa shape index (κ1) is 11.0. The average Bonchev–Trinajstić information content (AvgIpc) is 1.88. The minimum absolute atomic E-state index is 0.0873. The minimum Gasteiger partial charge on any atom is -0.120 e. The fourth-order valence-corrected chi connectivity index (χ4v) is 3.71. The molecule has 0 bridgehead atoms. The van der Waals surface area contributed by atoms with E-state index >= 15 is 0 Å². The first-order chi connectivity index (χ1) is 4.95. The Bertz CT molecular complexity index is 151. The molecule has 0 radical (unpaired) electrons. The Morgan fingerprint density at radius 2 is 1.91 bits per heavy atom. The van der Waals surface area contributed by atoms with Crippen LogP contribution in [0.2, 0.25) is 0 Å². The van der Waals surface area contributed by atoms with E-state index in [9.17, 15) is 0 Å². The van der Waals surface area contributed by atoms with Crippen molar-refractivity contribution < 1.29 is 0 Å². The van der Waals surface area contributed by atoms with Crippen molar-refractivity contribution in [1.82, 2.24) is 0 Å². The van der Waals surface area contributed by atoms with Crippen LogP contribution in [0.25, 0.3) is 0 Å². The smallest absolute Gasteiger partial charge is 0.0322 e. The maximum atomic E-state index is 5.48. The highest BCUT2D eigenvalue weighted by Crippen LogP contribution is 2.44. The summed E-state index contributed by atoms with van der Waals surface area (Å²) in [5.41, 5.74) is 0.798. The standard InChI is InChI=1S/C10H19P/c1-7-9(11(5)6)10(3,4)8-2/h2,9H,7H2,1,3-6H3. The first-order valence-corrected chi connectivity index (χ1v) is 6.40. The number of hydrogen-bond acceptors (Lipinski definition) is 0. The van der Waals surface area contributed by atoms with E-state index in [1.165, 1.54) is 6.42 Å². The maximum absolute atomic E-state index is 5.48. The molecule has 0 nitrogen and oxygen atoms in total. The van der Waals surface area contributed by atoms with Crippen molar-refractivity contribution >= 4 is 7.92 Å². The van der Waals surface area contributed by atoms with Gasteiger partial charge >= 0.3 is 0 Å². The molecule has 0 saturated heterocycles. The van der Waals surface area contributed by atoms with Crippen molar-refractivity contribution in [3.63, 3.8) is 0 Å². The summed E-state index contributed by atoms with van der Waals surface area (Å²) in [5, 5.41) is 0. The van der Waals surface area contributed by atoms with Crippen LogP contribution in [0.5, 0.6) is 0 Å². The van der Waals surface area contributed by atoms with Crippen LogP contribution in [0.4, 0.5) is 0 Å². The topological polar surface area (TPSA) is 0 Å². The highest BCUT2D eigenvalue weighted by Gasteiger charge is 2.27. The van der Waals surface area contributed by atoms with E-state index in [1.807, 2.05) is 0 Å². The fraction of sp³-hybridized carbons (Fsp3) is 0.800. The van der Waals surface area contributed by atoms with Gasteiger partial charge in [0.2, 0.25) is 0 Å². The number of rotatable bonds is 3. The Morgan fingerprint density at radius 3 is 2.00 bits per heavy atom. The molecule has 0 amide bonds. The van der Waals surface area contributed by atoms with Gasteiger partial charge in [-0.2, -0.15) is 0 Å². The van der Waals surface area contributed by atoms with Gasteiger partial charge in [-0.1, -0.05) is 12.8 Å². The lowest BCUT2D eigenvalue weighted by Crippen LogP contribution is -2.25. The lowest BCUT2D eigenvalue weighted by Gasteiger charge is -2.32. The molecule has 1 atom stereocenters. The third-order valence-electron chi connectivity index (χ3n) is 2.22. The molecule has 0 aromatic heterocycles. The van der Waals surface area contributed by atoms with Gasteiger partial charge in [0.25, 0.3) is 0 Å². The van der Waals surface area contributed by atoms with Crippen molar-refractivity contribution in [3.05, 3.63) is 0 Å². The third kappa shape index (κ3) is 2.84. The van der Waals surface area contributed by atoms with E-state index in [0.717, 1.165) is 0 Å². The van der Waals surface area contributed by atoms with Gasteiger partial charge in [-0.05, 0) is 39.3 Å². The quantitative estimate of drug-likeness (QED) is 0.451. The molecule has 0 saturated carbocycles. The summed E-state index contributed by atoms with van der Waals surface area (Å²) in [6, 6.07) is 0. The zero-order valence-corrected chi connectivity index (χ0v) is 9.20. The monoisotopic (exact) mass is 170 g/mol. The van der Waals surface area contributed by atoms with E-state index in [2.05, 4.69) is 40.0 Å². The Kier molecular flexibility index (Phi) is 4.12. The zero-order valence-electron chi connectivity index (χ0n) is 8.31. The largest absolute Gasteiger partial charge is 0.120 e. The molecule has 0 aliphatic carbocycles. The molecular formula is C10H19P. The number of terminal acetylenes is 1. The van der Waals surface area contributed by atoms with Gasteiger partial charge in [0.05, 0.1) is 0 Å². The summed E-state index contributed by atoms with van der Waals surface area (Å²) in [5.74, 6) is 2.89. The predicted octanol–water partition coefficient (Wildman–Crippen LogP) is 3.17. The molecular weight excluding hydrogens is 151 g/mol. The molecule has 0 N–H and O–H groups in total. The molecule has 1 heteroatoms. The molecule has 0 aliphatic rings.